The summed E-state index contributed by atoms with van der Waals surface area (Å²) in [5, 5.41) is 7.86. The van der Waals surface area contributed by atoms with Crippen LogP contribution in [-0.2, 0) is 4.74 Å². The van der Waals surface area contributed by atoms with Crippen molar-refractivity contribution in [3.8, 4) is 0 Å². The third kappa shape index (κ3) is 3.58. The van der Waals surface area contributed by atoms with Crippen LogP contribution in [0.1, 0.15) is 24.8 Å². The van der Waals surface area contributed by atoms with Crippen molar-refractivity contribution in [1.29, 1.82) is 5.41 Å². The molecule has 1 aliphatic heterocycles. The van der Waals surface area contributed by atoms with Gasteiger partial charge < -0.3 is 10.5 Å². The molecule has 1 saturated heterocycles. The molecule has 4 nitrogen and oxygen atoms in total. The summed E-state index contributed by atoms with van der Waals surface area (Å²) in [4.78, 5) is 2.37. The quantitative estimate of drug-likeness (QED) is 0.638. The van der Waals surface area contributed by atoms with Crippen LogP contribution in [0.5, 0.6) is 0 Å². The molecule has 0 aliphatic carbocycles. The maximum absolute atomic E-state index is 7.86. The van der Waals surface area contributed by atoms with Crippen LogP contribution in [-0.4, -0.2) is 43.6 Å². The molecule has 0 bridgehead atoms. The van der Waals surface area contributed by atoms with Crippen molar-refractivity contribution in [2.45, 2.75) is 25.4 Å². The fourth-order valence-electron chi connectivity index (χ4n) is 2.90. The highest BCUT2D eigenvalue weighted by Gasteiger charge is 2.28. The molecule has 0 spiro atoms. The molecule has 110 valence electrons. The molecule has 1 aromatic carbocycles. The molecule has 0 amide bonds. The predicted octanol–water partition coefficient (Wildman–Crippen LogP) is 2.06. The van der Waals surface area contributed by atoms with Crippen LogP contribution in [0.4, 0.5) is 0 Å². The van der Waals surface area contributed by atoms with Crippen molar-refractivity contribution in [2.24, 2.45) is 11.7 Å². The fourth-order valence-corrected chi connectivity index (χ4v) is 2.90. The van der Waals surface area contributed by atoms with Crippen molar-refractivity contribution < 1.29 is 4.74 Å². The molecule has 3 N–H and O–H groups in total. The first-order valence-electron chi connectivity index (χ1n) is 7.25. The Morgan fingerprint density at radius 1 is 1.45 bits per heavy atom. The molecule has 3 unspecified atom stereocenters. The Bertz CT molecular complexity index is 435. The van der Waals surface area contributed by atoms with Crippen LogP contribution in [0.25, 0.3) is 0 Å². The second-order valence-electron chi connectivity index (χ2n) is 5.72. The smallest absolute Gasteiger partial charge is 0.0995 e. The summed E-state index contributed by atoms with van der Waals surface area (Å²) in [6.07, 6.45) is 1.42. The molecule has 0 saturated carbocycles. The Balaban J connectivity index is 2.04. The van der Waals surface area contributed by atoms with Gasteiger partial charge in [0, 0.05) is 20.2 Å². The van der Waals surface area contributed by atoms with Gasteiger partial charge in [-0.2, -0.15) is 0 Å². The van der Waals surface area contributed by atoms with E-state index in [1.807, 2.05) is 30.3 Å². The number of ether oxygens (including phenoxy) is 1. The van der Waals surface area contributed by atoms with Gasteiger partial charge in [-0.25, -0.2) is 0 Å². The number of nitrogens with zero attached hydrogens (tertiary/aromatic N) is 1. The monoisotopic (exact) mass is 275 g/mol. The number of hydrogen-bond acceptors (Lipinski definition) is 3. The molecule has 4 heteroatoms. The molecule has 2 rings (SSSR count). The van der Waals surface area contributed by atoms with Gasteiger partial charge in [0.1, 0.15) is 0 Å². The van der Waals surface area contributed by atoms with E-state index >= 15 is 0 Å². The first-order valence-corrected chi connectivity index (χ1v) is 7.25. The second-order valence-corrected chi connectivity index (χ2v) is 5.72. The maximum atomic E-state index is 7.86. The van der Waals surface area contributed by atoms with E-state index in [9.17, 15) is 0 Å². The lowest BCUT2D eigenvalue weighted by Crippen LogP contribution is -2.46. The van der Waals surface area contributed by atoms with E-state index in [1.165, 1.54) is 0 Å². The zero-order valence-electron chi connectivity index (χ0n) is 12.4. The number of likely N-dealkylation sites (tertiary alicyclic amines) is 1. The lowest BCUT2D eigenvalue weighted by molar-refractivity contribution is -0.00515. The molecule has 3 atom stereocenters. The van der Waals surface area contributed by atoms with Crippen molar-refractivity contribution in [1.82, 2.24) is 4.90 Å². The molecule has 1 fully saturated rings. The van der Waals surface area contributed by atoms with Gasteiger partial charge in [-0.15, -0.1) is 0 Å². The third-order valence-electron chi connectivity index (χ3n) is 4.29. The lowest BCUT2D eigenvalue weighted by atomic mass is 9.92. The molecule has 1 aromatic rings. The first kappa shape index (κ1) is 15.0. The van der Waals surface area contributed by atoms with Crippen LogP contribution < -0.4 is 5.73 Å². The number of benzene rings is 1. The number of nitrogens with one attached hydrogen (secondary N) is 1. The minimum absolute atomic E-state index is 0.0258. The van der Waals surface area contributed by atoms with Gasteiger partial charge in [-0.05, 0) is 24.4 Å². The Morgan fingerprint density at radius 3 is 2.75 bits per heavy atom. The van der Waals surface area contributed by atoms with Crippen molar-refractivity contribution in [2.75, 3.05) is 26.7 Å². The topological polar surface area (TPSA) is 62.3 Å². The molecule has 20 heavy (non-hydrogen) atoms. The van der Waals surface area contributed by atoms with E-state index < -0.39 is 0 Å². The van der Waals surface area contributed by atoms with Crippen molar-refractivity contribution in [3.05, 3.63) is 35.9 Å². The number of rotatable bonds is 5. The second kappa shape index (κ2) is 6.86. The minimum atomic E-state index is -0.0258. The highest BCUT2D eigenvalue weighted by molar-refractivity contribution is 5.84. The standard InChI is InChI=1S/C16H25N3O/c1-12-8-9-19(11-15(12)20-2)10-14(16(17)18)13-6-4-3-5-7-13/h3-7,12,14-15H,8-11H2,1-2H3,(H3,17,18). The Morgan fingerprint density at radius 2 is 2.15 bits per heavy atom. The number of amidine groups is 1. The number of hydrogen-bond donors (Lipinski definition) is 2. The SMILES string of the molecule is COC1CN(CC(C(=N)N)c2ccccc2)CCC1C. The zero-order valence-corrected chi connectivity index (χ0v) is 12.4. The van der Waals surface area contributed by atoms with Crippen molar-refractivity contribution >= 4 is 5.84 Å². The van der Waals surface area contributed by atoms with Gasteiger partial charge in [-0.3, -0.25) is 10.3 Å². The van der Waals surface area contributed by atoms with Crippen LogP contribution in [0.3, 0.4) is 0 Å². The van der Waals surface area contributed by atoms with Crippen LogP contribution in [0.15, 0.2) is 30.3 Å². The third-order valence-corrected chi connectivity index (χ3v) is 4.29. The molecular formula is C16H25N3O. The summed E-state index contributed by atoms with van der Waals surface area (Å²) in [5.41, 5.74) is 6.92. The Labute approximate surface area is 121 Å². The van der Waals surface area contributed by atoms with Crippen LogP contribution in [0.2, 0.25) is 0 Å². The van der Waals surface area contributed by atoms with E-state index in [1.54, 1.807) is 7.11 Å². The van der Waals surface area contributed by atoms with Gasteiger partial charge in [0.25, 0.3) is 0 Å². The van der Waals surface area contributed by atoms with E-state index in [-0.39, 0.29) is 17.9 Å². The minimum Gasteiger partial charge on any atom is -0.387 e. The Kier molecular flexibility index (Phi) is 5.15. The molecule has 1 heterocycles. The lowest BCUT2D eigenvalue weighted by Gasteiger charge is -2.37. The summed E-state index contributed by atoms with van der Waals surface area (Å²) in [6.45, 7) is 5.02. The van der Waals surface area contributed by atoms with E-state index in [2.05, 4.69) is 11.8 Å². The average Bonchev–Trinajstić information content (AvgIpc) is 2.47. The molecule has 1 aliphatic rings. The normalized spacial score (nSPS) is 25.3. The van der Waals surface area contributed by atoms with E-state index in [0.717, 1.165) is 31.6 Å². The summed E-state index contributed by atoms with van der Waals surface area (Å²) >= 11 is 0. The van der Waals surface area contributed by atoms with Gasteiger partial charge in [0.2, 0.25) is 0 Å². The summed E-state index contributed by atoms with van der Waals surface area (Å²) in [7, 11) is 1.78. The predicted molar refractivity (Wildman–Crippen MR) is 82.1 cm³/mol. The average molecular weight is 275 g/mol. The maximum Gasteiger partial charge on any atom is 0.0995 e. The summed E-state index contributed by atoms with van der Waals surface area (Å²) < 4.78 is 5.55. The summed E-state index contributed by atoms with van der Waals surface area (Å²) in [5.74, 6) is 0.814. The van der Waals surface area contributed by atoms with Crippen LogP contribution in [0, 0.1) is 11.3 Å². The first-order chi connectivity index (χ1) is 9.61. The van der Waals surface area contributed by atoms with Crippen LogP contribution >= 0.6 is 0 Å². The van der Waals surface area contributed by atoms with Gasteiger partial charge >= 0.3 is 0 Å². The Hall–Kier alpha value is -1.39. The highest BCUT2D eigenvalue weighted by Crippen LogP contribution is 2.23. The van der Waals surface area contributed by atoms with Gasteiger partial charge in [-0.1, -0.05) is 37.3 Å². The molecular weight excluding hydrogens is 250 g/mol. The molecule has 0 radical (unpaired) electrons. The number of methoxy groups -OCH3 is 1. The zero-order chi connectivity index (χ0) is 14.5. The number of nitrogens with two attached hydrogens (primary N) is 1. The van der Waals surface area contributed by atoms with Gasteiger partial charge in [0.15, 0.2) is 0 Å². The fraction of sp³-hybridized carbons (Fsp3) is 0.562. The van der Waals surface area contributed by atoms with E-state index in [0.29, 0.717) is 5.92 Å². The van der Waals surface area contributed by atoms with Crippen molar-refractivity contribution in [3.63, 3.8) is 0 Å². The largest absolute Gasteiger partial charge is 0.387 e. The van der Waals surface area contributed by atoms with E-state index in [4.69, 9.17) is 15.9 Å². The summed E-state index contributed by atoms with van der Waals surface area (Å²) in [6, 6.07) is 10.1. The number of piperidine rings is 1. The highest BCUT2D eigenvalue weighted by atomic mass is 16.5. The molecule has 0 aromatic heterocycles. The van der Waals surface area contributed by atoms with Gasteiger partial charge in [0.05, 0.1) is 17.9 Å².